The highest BCUT2D eigenvalue weighted by Gasteiger charge is 2.50. The molecule has 0 saturated carbocycles. The van der Waals surface area contributed by atoms with Crippen molar-refractivity contribution in [1.82, 2.24) is 0 Å². The lowest BCUT2D eigenvalue weighted by atomic mass is 9.99. The molecule has 3 rings (SSSR count). The van der Waals surface area contributed by atoms with Crippen molar-refractivity contribution in [2.45, 2.75) is 69.0 Å². The van der Waals surface area contributed by atoms with E-state index in [-0.39, 0.29) is 17.9 Å². The zero-order valence-corrected chi connectivity index (χ0v) is 19.4. The smallest absolute Gasteiger partial charge is 0.335 e. The first kappa shape index (κ1) is 27.5. The maximum Gasteiger partial charge on any atom is 0.335 e. The first-order valence-electron chi connectivity index (χ1n) is 11.1. The number of carboxylic acids is 1. The van der Waals surface area contributed by atoms with Gasteiger partial charge in [-0.15, -0.1) is 0 Å². The Labute approximate surface area is 201 Å². The summed E-state index contributed by atoms with van der Waals surface area (Å²) in [5.74, 6) is -0.911. The molecule has 2 fully saturated rings. The van der Waals surface area contributed by atoms with Gasteiger partial charge in [-0.05, 0) is 44.0 Å². The quantitative estimate of drug-likeness (QED) is 0.195. The average Bonchev–Trinajstić information content (AvgIpc) is 3.11. The van der Waals surface area contributed by atoms with Crippen molar-refractivity contribution in [3.05, 3.63) is 41.0 Å². The molecular formula is C23H32O12. The second kappa shape index (κ2) is 11.3. The molecule has 0 bridgehead atoms. The van der Waals surface area contributed by atoms with Gasteiger partial charge >= 0.3 is 5.97 Å². The highest BCUT2D eigenvalue weighted by Crippen LogP contribution is 2.30. The van der Waals surface area contributed by atoms with Crippen molar-refractivity contribution < 1.29 is 59.5 Å². The van der Waals surface area contributed by atoms with E-state index in [4.69, 9.17) is 18.9 Å². The zero-order valence-electron chi connectivity index (χ0n) is 19.4. The highest BCUT2D eigenvalue weighted by atomic mass is 16.7. The minimum Gasteiger partial charge on any atom is -0.478 e. The maximum atomic E-state index is 11.4. The van der Waals surface area contributed by atoms with E-state index in [9.17, 15) is 40.5 Å². The molecule has 196 valence electrons. The van der Waals surface area contributed by atoms with Crippen LogP contribution >= 0.6 is 0 Å². The number of carbonyl (C=O) groups is 1. The van der Waals surface area contributed by atoms with E-state index in [0.717, 1.165) is 5.57 Å². The Morgan fingerprint density at radius 1 is 1.14 bits per heavy atom. The van der Waals surface area contributed by atoms with Crippen molar-refractivity contribution in [3.63, 3.8) is 0 Å². The Kier molecular flexibility index (Phi) is 8.86. The van der Waals surface area contributed by atoms with Crippen molar-refractivity contribution in [2.75, 3.05) is 19.8 Å². The van der Waals surface area contributed by atoms with Crippen LogP contribution in [0.3, 0.4) is 0 Å². The molecule has 1 aromatic rings. The molecule has 2 saturated heterocycles. The average molecular weight is 500 g/mol. The number of rotatable bonds is 9. The van der Waals surface area contributed by atoms with E-state index in [2.05, 4.69) is 0 Å². The summed E-state index contributed by atoms with van der Waals surface area (Å²) >= 11 is 0. The molecule has 7 N–H and O–H groups in total. The Balaban J connectivity index is 1.74. The van der Waals surface area contributed by atoms with Gasteiger partial charge in [0.1, 0.15) is 41.9 Å². The van der Waals surface area contributed by atoms with Gasteiger partial charge in [-0.25, -0.2) is 4.79 Å². The molecule has 0 aromatic heterocycles. The summed E-state index contributed by atoms with van der Waals surface area (Å²) in [6, 6.07) is 4.17. The van der Waals surface area contributed by atoms with Gasteiger partial charge in [0.2, 0.25) is 6.29 Å². The van der Waals surface area contributed by atoms with E-state index < -0.39 is 67.9 Å². The lowest BCUT2D eigenvalue weighted by Crippen LogP contribution is -2.60. The molecule has 0 radical (unpaired) electrons. The van der Waals surface area contributed by atoms with Crippen LogP contribution < -0.4 is 4.74 Å². The van der Waals surface area contributed by atoms with Crippen LogP contribution in [-0.4, -0.2) is 110 Å². The van der Waals surface area contributed by atoms with Gasteiger partial charge in [0.25, 0.3) is 0 Å². The van der Waals surface area contributed by atoms with Crippen LogP contribution in [0.5, 0.6) is 5.75 Å². The van der Waals surface area contributed by atoms with E-state index in [0.29, 0.717) is 12.0 Å². The summed E-state index contributed by atoms with van der Waals surface area (Å²) in [7, 11) is 0. The summed E-state index contributed by atoms with van der Waals surface area (Å²) in [4.78, 5) is 11.4. The second-order valence-electron chi connectivity index (χ2n) is 8.97. The number of aliphatic hydroxyl groups excluding tert-OH is 5. The minimum absolute atomic E-state index is 0.0410. The lowest BCUT2D eigenvalue weighted by Gasteiger charge is -2.40. The van der Waals surface area contributed by atoms with E-state index in [1.54, 1.807) is 0 Å². The number of hydrogen-bond donors (Lipinski definition) is 7. The summed E-state index contributed by atoms with van der Waals surface area (Å²) in [5.41, 5.74) is -0.367. The standard InChI is InChI=1S/C23H32O12/c1-11(2)3-4-12-7-13(20(29)30)5-6-14(12)34-21-18(27)17(26)16(25)15(35-21)8-32-22-19(28)23(31,9-24)10-33-22/h3,5-7,15-19,21-22,24-28,31H,4,8-10H2,1-2H3,(H,29,30). The van der Waals surface area contributed by atoms with Gasteiger partial charge in [0.15, 0.2) is 6.29 Å². The number of hydrogen-bond acceptors (Lipinski definition) is 11. The number of aromatic carboxylic acids is 1. The normalized spacial score (nSPS) is 35.0. The van der Waals surface area contributed by atoms with Crippen LogP contribution in [0.25, 0.3) is 0 Å². The molecule has 8 unspecified atom stereocenters. The molecule has 1 aromatic carbocycles. The Morgan fingerprint density at radius 3 is 2.46 bits per heavy atom. The first-order valence-corrected chi connectivity index (χ1v) is 11.1. The Morgan fingerprint density at radius 2 is 1.86 bits per heavy atom. The molecule has 0 amide bonds. The van der Waals surface area contributed by atoms with Gasteiger partial charge in [-0.2, -0.15) is 0 Å². The molecule has 0 spiro atoms. The molecule has 0 aliphatic carbocycles. The van der Waals surface area contributed by atoms with Crippen LogP contribution in [0.15, 0.2) is 29.8 Å². The van der Waals surface area contributed by atoms with Gasteiger partial charge in [-0.3, -0.25) is 0 Å². The largest absolute Gasteiger partial charge is 0.478 e. The third kappa shape index (κ3) is 6.17. The zero-order chi connectivity index (χ0) is 25.9. The van der Waals surface area contributed by atoms with Crippen molar-refractivity contribution in [3.8, 4) is 5.75 Å². The fourth-order valence-electron chi connectivity index (χ4n) is 3.70. The van der Waals surface area contributed by atoms with E-state index in [1.807, 2.05) is 19.9 Å². The molecule has 2 aliphatic heterocycles. The number of aliphatic hydroxyl groups is 6. The van der Waals surface area contributed by atoms with Crippen molar-refractivity contribution in [2.24, 2.45) is 0 Å². The third-order valence-corrected chi connectivity index (χ3v) is 5.95. The predicted molar refractivity (Wildman–Crippen MR) is 118 cm³/mol. The predicted octanol–water partition coefficient (Wildman–Crippen LogP) is -1.46. The van der Waals surface area contributed by atoms with Crippen molar-refractivity contribution in [1.29, 1.82) is 0 Å². The summed E-state index contributed by atoms with van der Waals surface area (Å²) in [5, 5.41) is 69.8. The molecule has 12 heteroatoms. The lowest BCUT2D eigenvalue weighted by molar-refractivity contribution is -0.289. The second-order valence-corrected chi connectivity index (χ2v) is 8.97. The van der Waals surface area contributed by atoms with Gasteiger partial charge in [-0.1, -0.05) is 11.6 Å². The van der Waals surface area contributed by atoms with E-state index >= 15 is 0 Å². The molecule has 12 nitrogen and oxygen atoms in total. The summed E-state index contributed by atoms with van der Waals surface area (Å²) < 4.78 is 21.9. The number of carboxylic acid groups (broad SMARTS) is 1. The van der Waals surface area contributed by atoms with Crippen LogP contribution in [0.4, 0.5) is 0 Å². The maximum absolute atomic E-state index is 11.4. The fraction of sp³-hybridized carbons (Fsp3) is 0.609. The van der Waals surface area contributed by atoms with E-state index in [1.165, 1.54) is 18.2 Å². The van der Waals surface area contributed by atoms with Crippen LogP contribution in [0.2, 0.25) is 0 Å². The van der Waals surface area contributed by atoms with Crippen LogP contribution in [0.1, 0.15) is 29.8 Å². The number of allylic oxidation sites excluding steroid dienone is 2. The van der Waals surface area contributed by atoms with Crippen molar-refractivity contribution >= 4 is 5.97 Å². The SMILES string of the molecule is CC(C)=CCc1cc(C(=O)O)ccc1OC1OC(COC2OCC(O)(CO)C2O)C(O)C(O)C1O. The third-order valence-electron chi connectivity index (χ3n) is 5.95. The summed E-state index contributed by atoms with van der Waals surface area (Å²) in [6.07, 6.45) is -8.28. The van der Waals surface area contributed by atoms with Crippen LogP contribution in [0, 0.1) is 0 Å². The van der Waals surface area contributed by atoms with Gasteiger partial charge in [0, 0.05) is 0 Å². The van der Waals surface area contributed by atoms with Gasteiger partial charge < -0.3 is 54.7 Å². The molecule has 2 aliphatic rings. The number of ether oxygens (including phenoxy) is 4. The minimum atomic E-state index is -1.90. The Hall–Kier alpha value is -2.13. The molecule has 8 atom stereocenters. The topological polar surface area (TPSA) is 196 Å². The summed E-state index contributed by atoms with van der Waals surface area (Å²) in [6.45, 7) is 2.20. The first-order chi connectivity index (χ1) is 16.5. The molecule has 35 heavy (non-hydrogen) atoms. The highest BCUT2D eigenvalue weighted by molar-refractivity contribution is 5.88. The Bertz CT molecular complexity index is 916. The molecule has 2 heterocycles. The fourth-order valence-corrected chi connectivity index (χ4v) is 3.70. The molecular weight excluding hydrogens is 468 g/mol. The van der Waals surface area contributed by atoms with Crippen LogP contribution in [-0.2, 0) is 20.6 Å². The number of benzene rings is 1. The monoisotopic (exact) mass is 500 g/mol. The van der Waals surface area contributed by atoms with Gasteiger partial charge in [0.05, 0.1) is 25.4 Å².